The fraction of sp³-hybridized carbons (Fsp3) is 0.867. The molecule has 0 heterocycles. The summed E-state index contributed by atoms with van der Waals surface area (Å²) in [5, 5.41) is 12.2. The van der Waals surface area contributed by atoms with E-state index in [1.54, 1.807) is 0 Å². The first-order valence-corrected chi connectivity index (χ1v) is 7.69. The van der Waals surface area contributed by atoms with E-state index in [-0.39, 0.29) is 11.8 Å². The second-order valence-corrected chi connectivity index (χ2v) is 6.08. The minimum atomic E-state index is -0.808. The van der Waals surface area contributed by atoms with Gasteiger partial charge in [-0.2, -0.15) is 0 Å². The van der Waals surface area contributed by atoms with E-state index in [9.17, 15) is 14.7 Å². The molecule has 2 aliphatic rings. The van der Waals surface area contributed by atoms with Crippen LogP contribution in [0.2, 0.25) is 0 Å². The minimum absolute atomic E-state index is 0.0299. The first-order valence-electron chi connectivity index (χ1n) is 7.69. The summed E-state index contributed by atoms with van der Waals surface area (Å²) in [4.78, 5) is 23.4. The van der Waals surface area contributed by atoms with Crippen molar-refractivity contribution in [1.29, 1.82) is 0 Å². The number of carboxylic acid groups (broad SMARTS) is 1. The summed E-state index contributed by atoms with van der Waals surface area (Å²) >= 11 is 0. The van der Waals surface area contributed by atoms with Crippen LogP contribution < -0.4 is 5.32 Å². The molecule has 2 saturated carbocycles. The highest BCUT2D eigenvalue weighted by molar-refractivity contribution is 5.84. The van der Waals surface area contributed by atoms with Crippen LogP contribution in [0.4, 0.5) is 0 Å². The summed E-state index contributed by atoms with van der Waals surface area (Å²) in [5.41, 5.74) is 0. The third kappa shape index (κ3) is 3.95. The Bertz CT molecular complexity index is 323. The van der Waals surface area contributed by atoms with Crippen LogP contribution in [0, 0.1) is 17.8 Å². The van der Waals surface area contributed by atoms with Crippen LogP contribution >= 0.6 is 0 Å². The molecule has 0 aromatic carbocycles. The maximum Gasteiger partial charge on any atom is 0.307 e. The molecule has 0 aliphatic heterocycles. The van der Waals surface area contributed by atoms with Crippen molar-refractivity contribution in [2.45, 2.75) is 57.8 Å². The molecule has 2 rings (SSSR count). The van der Waals surface area contributed by atoms with Crippen molar-refractivity contribution in [3.8, 4) is 0 Å². The lowest BCUT2D eigenvalue weighted by molar-refractivity contribution is -0.149. The zero-order valence-electron chi connectivity index (χ0n) is 11.6. The number of hydrogen-bond donors (Lipinski definition) is 2. The lowest BCUT2D eigenvalue weighted by Crippen LogP contribution is -2.41. The van der Waals surface area contributed by atoms with Crippen LogP contribution in [0.5, 0.6) is 0 Å². The molecular weight excluding hydrogens is 242 g/mol. The summed E-state index contributed by atoms with van der Waals surface area (Å²) in [6, 6.07) is 0. The second kappa shape index (κ2) is 6.92. The van der Waals surface area contributed by atoms with Crippen LogP contribution in [-0.4, -0.2) is 23.5 Å². The number of carbonyl (C=O) groups is 2. The maximum atomic E-state index is 12.2. The summed E-state index contributed by atoms with van der Waals surface area (Å²) in [7, 11) is 0. The normalized spacial score (nSPS) is 28.8. The Hall–Kier alpha value is -1.06. The smallest absolute Gasteiger partial charge is 0.307 e. The van der Waals surface area contributed by atoms with Gasteiger partial charge in [0.1, 0.15) is 0 Å². The Morgan fingerprint density at radius 3 is 2.11 bits per heavy atom. The highest BCUT2D eigenvalue weighted by Gasteiger charge is 2.35. The molecule has 2 N–H and O–H groups in total. The van der Waals surface area contributed by atoms with Gasteiger partial charge >= 0.3 is 5.97 Å². The highest BCUT2D eigenvalue weighted by atomic mass is 16.4. The zero-order valence-corrected chi connectivity index (χ0v) is 11.6. The molecule has 108 valence electrons. The van der Waals surface area contributed by atoms with Gasteiger partial charge in [0.25, 0.3) is 0 Å². The molecule has 2 fully saturated rings. The van der Waals surface area contributed by atoms with E-state index in [4.69, 9.17) is 0 Å². The Kier molecular flexibility index (Phi) is 5.23. The molecule has 19 heavy (non-hydrogen) atoms. The third-order valence-electron chi connectivity index (χ3n) is 4.71. The molecule has 0 unspecified atom stereocenters. The van der Waals surface area contributed by atoms with Gasteiger partial charge in [0, 0.05) is 6.54 Å². The van der Waals surface area contributed by atoms with E-state index >= 15 is 0 Å². The van der Waals surface area contributed by atoms with E-state index in [2.05, 4.69) is 5.32 Å². The summed E-state index contributed by atoms with van der Waals surface area (Å²) in [6.07, 6.45) is 9.54. The number of carbonyl (C=O) groups excluding carboxylic acids is 1. The van der Waals surface area contributed by atoms with Crippen LogP contribution in [0.3, 0.4) is 0 Å². The van der Waals surface area contributed by atoms with E-state index in [0.29, 0.717) is 12.3 Å². The van der Waals surface area contributed by atoms with Gasteiger partial charge in [-0.1, -0.05) is 32.1 Å². The highest BCUT2D eigenvalue weighted by Crippen LogP contribution is 2.30. The number of hydrogen-bond acceptors (Lipinski definition) is 2. The van der Waals surface area contributed by atoms with Gasteiger partial charge in [0.2, 0.25) is 5.91 Å². The Morgan fingerprint density at radius 1 is 0.895 bits per heavy atom. The number of rotatable bonds is 4. The largest absolute Gasteiger partial charge is 0.481 e. The van der Waals surface area contributed by atoms with Gasteiger partial charge < -0.3 is 10.4 Å². The maximum absolute atomic E-state index is 12.2. The van der Waals surface area contributed by atoms with Crippen molar-refractivity contribution in [3.05, 3.63) is 0 Å². The molecule has 0 radical (unpaired) electrons. The first kappa shape index (κ1) is 14.4. The second-order valence-electron chi connectivity index (χ2n) is 6.08. The SMILES string of the molecule is O=C(O)[C@@H]1CCCC[C@H]1C(=O)NCC1CCCCC1. The van der Waals surface area contributed by atoms with Crippen molar-refractivity contribution in [2.75, 3.05) is 6.54 Å². The van der Waals surface area contributed by atoms with Crippen molar-refractivity contribution in [1.82, 2.24) is 5.32 Å². The van der Waals surface area contributed by atoms with Gasteiger partial charge in [0.05, 0.1) is 11.8 Å². The molecule has 2 atom stereocenters. The van der Waals surface area contributed by atoms with E-state index in [0.717, 1.165) is 25.8 Å². The average molecular weight is 267 g/mol. The molecule has 4 nitrogen and oxygen atoms in total. The predicted molar refractivity (Wildman–Crippen MR) is 72.7 cm³/mol. The van der Waals surface area contributed by atoms with Crippen LogP contribution in [0.1, 0.15) is 57.8 Å². The van der Waals surface area contributed by atoms with Crippen molar-refractivity contribution < 1.29 is 14.7 Å². The third-order valence-corrected chi connectivity index (χ3v) is 4.71. The van der Waals surface area contributed by atoms with Gasteiger partial charge in [0.15, 0.2) is 0 Å². The number of amides is 1. The predicted octanol–water partition coefficient (Wildman–Crippen LogP) is 2.57. The molecule has 0 aromatic rings. The van der Waals surface area contributed by atoms with Crippen molar-refractivity contribution >= 4 is 11.9 Å². The topological polar surface area (TPSA) is 66.4 Å². The van der Waals surface area contributed by atoms with E-state index < -0.39 is 11.9 Å². The van der Waals surface area contributed by atoms with Crippen LogP contribution in [-0.2, 0) is 9.59 Å². The molecule has 4 heteroatoms. The van der Waals surface area contributed by atoms with Crippen molar-refractivity contribution in [2.24, 2.45) is 17.8 Å². The molecule has 0 aromatic heterocycles. The van der Waals surface area contributed by atoms with Gasteiger partial charge in [-0.25, -0.2) is 0 Å². The first-order chi connectivity index (χ1) is 9.18. The van der Waals surface area contributed by atoms with E-state index in [1.165, 1.54) is 32.1 Å². The van der Waals surface area contributed by atoms with Gasteiger partial charge in [-0.05, 0) is 31.6 Å². The molecule has 0 saturated heterocycles. The molecule has 0 bridgehead atoms. The quantitative estimate of drug-likeness (QED) is 0.822. The number of aliphatic carboxylic acids is 1. The minimum Gasteiger partial charge on any atom is -0.481 e. The Balaban J connectivity index is 1.81. The summed E-state index contributed by atoms with van der Waals surface area (Å²) < 4.78 is 0. The fourth-order valence-electron chi connectivity index (χ4n) is 3.51. The number of nitrogens with one attached hydrogen (secondary N) is 1. The monoisotopic (exact) mass is 267 g/mol. The average Bonchev–Trinajstić information content (AvgIpc) is 2.46. The lowest BCUT2D eigenvalue weighted by Gasteiger charge is -2.29. The fourth-order valence-corrected chi connectivity index (χ4v) is 3.51. The standard InChI is InChI=1S/C15H25NO3/c17-14(16-10-11-6-2-1-3-7-11)12-8-4-5-9-13(12)15(18)19/h11-13H,1-10H2,(H,16,17)(H,18,19)/t12-,13-/m1/s1. The number of carboxylic acids is 1. The molecular formula is C15H25NO3. The molecule has 0 spiro atoms. The van der Waals surface area contributed by atoms with Crippen molar-refractivity contribution in [3.63, 3.8) is 0 Å². The van der Waals surface area contributed by atoms with Gasteiger partial charge in [-0.3, -0.25) is 9.59 Å². The summed E-state index contributed by atoms with van der Waals surface area (Å²) in [6.45, 7) is 0.738. The van der Waals surface area contributed by atoms with Crippen LogP contribution in [0.15, 0.2) is 0 Å². The lowest BCUT2D eigenvalue weighted by atomic mass is 9.78. The van der Waals surface area contributed by atoms with E-state index in [1.807, 2.05) is 0 Å². The van der Waals surface area contributed by atoms with Crippen LogP contribution in [0.25, 0.3) is 0 Å². The van der Waals surface area contributed by atoms with Gasteiger partial charge in [-0.15, -0.1) is 0 Å². The Labute approximate surface area is 115 Å². The summed E-state index contributed by atoms with van der Waals surface area (Å²) in [5.74, 6) is -1.02. The molecule has 2 aliphatic carbocycles. The Morgan fingerprint density at radius 2 is 1.47 bits per heavy atom. The zero-order chi connectivity index (χ0) is 13.7. The molecule has 1 amide bonds.